The van der Waals surface area contributed by atoms with Crippen LogP contribution in [0.5, 0.6) is 0 Å². The number of nitrogens with zero attached hydrogens (tertiary/aromatic N) is 2. The van der Waals surface area contributed by atoms with Gasteiger partial charge in [0.25, 0.3) is 0 Å². The maximum Gasteiger partial charge on any atom is 0.213 e. The van der Waals surface area contributed by atoms with Crippen LogP contribution in [-0.4, -0.2) is 29.6 Å². The van der Waals surface area contributed by atoms with E-state index in [1.54, 1.807) is 24.6 Å². The van der Waals surface area contributed by atoms with E-state index < -0.39 is 6.10 Å². The summed E-state index contributed by atoms with van der Waals surface area (Å²) >= 11 is 1.60. The fourth-order valence-electron chi connectivity index (χ4n) is 2.58. The van der Waals surface area contributed by atoms with Gasteiger partial charge in [-0.05, 0) is 17.5 Å². The van der Waals surface area contributed by atoms with Crippen molar-refractivity contribution < 1.29 is 9.52 Å². The molecule has 7 heteroatoms. The Kier molecular flexibility index (Phi) is 5.82. The number of thiophene rings is 1. The lowest BCUT2D eigenvalue weighted by Crippen LogP contribution is -2.38. The van der Waals surface area contributed by atoms with E-state index in [1.165, 1.54) is 4.70 Å². The number of aromatic nitrogens is 1. The van der Waals surface area contributed by atoms with E-state index >= 15 is 0 Å². The lowest BCUT2D eigenvalue weighted by atomic mass is 9.94. The average Bonchev–Trinajstić information content (AvgIpc) is 3.28. The van der Waals surface area contributed by atoms with Crippen molar-refractivity contribution in [1.29, 1.82) is 0 Å². The first-order chi connectivity index (χ1) is 12.9. The van der Waals surface area contributed by atoms with Gasteiger partial charge in [-0.3, -0.25) is 4.99 Å². The number of fused-ring (bicyclic) bond motifs is 1. The minimum atomic E-state index is -0.602. The minimum absolute atomic E-state index is 0.0699. The molecule has 0 aliphatic carbocycles. The number of aliphatic hydroxyl groups is 1. The summed E-state index contributed by atoms with van der Waals surface area (Å²) in [6.07, 6.45) is 1.16. The first kappa shape index (κ1) is 19.4. The van der Waals surface area contributed by atoms with Crippen LogP contribution in [0, 0.1) is 0 Å². The number of nitrogens with one attached hydrogen (secondary N) is 2. The summed E-state index contributed by atoms with van der Waals surface area (Å²) in [7, 11) is 1.69. The second-order valence-corrected chi connectivity index (χ2v) is 8.49. The predicted octanol–water partition coefficient (Wildman–Crippen LogP) is 3.59. The first-order valence-electron chi connectivity index (χ1n) is 8.93. The summed E-state index contributed by atoms with van der Waals surface area (Å²) in [6, 6.07) is 10.2. The molecule has 2 aromatic heterocycles. The van der Waals surface area contributed by atoms with Crippen molar-refractivity contribution in [1.82, 2.24) is 15.6 Å². The van der Waals surface area contributed by atoms with Gasteiger partial charge in [0.05, 0.1) is 12.7 Å². The van der Waals surface area contributed by atoms with Crippen LogP contribution in [0.15, 0.2) is 45.9 Å². The molecule has 2 heterocycles. The van der Waals surface area contributed by atoms with Gasteiger partial charge in [0.15, 0.2) is 5.96 Å². The molecule has 0 amide bonds. The van der Waals surface area contributed by atoms with Crippen molar-refractivity contribution in [3.05, 3.63) is 53.1 Å². The minimum Gasteiger partial charge on any atom is -0.443 e. The standard InChI is InChI=1S/C20H26N4O2S/c1-20(2,3)17-11-22-18(26-17)12-24-19(21-4)23-10-14(25)16-9-13-7-5-6-8-15(13)27-16/h5-9,11,14,25H,10,12H2,1-4H3,(H2,21,23,24). The Morgan fingerprint density at radius 2 is 2.07 bits per heavy atom. The van der Waals surface area contributed by atoms with E-state index in [2.05, 4.69) is 53.5 Å². The van der Waals surface area contributed by atoms with Crippen LogP contribution < -0.4 is 10.6 Å². The first-order valence-corrected chi connectivity index (χ1v) is 9.74. The van der Waals surface area contributed by atoms with Crippen molar-refractivity contribution in [3.63, 3.8) is 0 Å². The highest BCUT2D eigenvalue weighted by Gasteiger charge is 2.19. The van der Waals surface area contributed by atoms with Crippen LogP contribution in [0.25, 0.3) is 10.1 Å². The van der Waals surface area contributed by atoms with Gasteiger partial charge in [0.1, 0.15) is 11.9 Å². The normalized spacial score (nSPS) is 13.7. The highest BCUT2D eigenvalue weighted by Crippen LogP contribution is 2.29. The van der Waals surface area contributed by atoms with Gasteiger partial charge in [0.2, 0.25) is 5.89 Å². The van der Waals surface area contributed by atoms with E-state index in [4.69, 9.17) is 4.42 Å². The van der Waals surface area contributed by atoms with E-state index in [1.807, 2.05) is 18.2 Å². The Bertz CT molecular complexity index is 890. The maximum absolute atomic E-state index is 10.5. The highest BCUT2D eigenvalue weighted by molar-refractivity contribution is 7.19. The largest absolute Gasteiger partial charge is 0.443 e. The fraction of sp³-hybridized carbons (Fsp3) is 0.400. The van der Waals surface area contributed by atoms with Crippen LogP contribution in [0.3, 0.4) is 0 Å². The Labute approximate surface area is 163 Å². The van der Waals surface area contributed by atoms with Crippen LogP contribution in [0.4, 0.5) is 0 Å². The van der Waals surface area contributed by atoms with Crippen molar-refractivity contribution in [3.8, 4) is 0 Å². The van der Waals surface area contributed by atoms with Crippen LogP contribution in [-0.2, 0) is 12.0 Å². The summed E-state index contributed by atoms with van der Waals surface area (Å²) in [4.78, 5) is 9.41. The zero-order valence-electron chi connectivity index (χ0n) is 16.1. The lowest BCUT2D eigenvalue weighted by Gasteiger charge is -2.14. The number of aliphatic hydroxyl groups excluding tert-OH is 1. The quantitative estimate of drug-likeness (QED) is 0.461. The Balaban J connectivity index is 1.53. The molecular weight excluding hydrogens is 360 g/mol. The third-order valence-corrected chi connectivity index (χ3v) is 5.38. The van der Waals surface area contributed by atoms with E-state index in [0.29, 0.717) is 24.9 Å². The molecule has 0 bridgehead atoms. The third kappa shape index (κ3) is 4.87. The summed E-state index contributed by atoms with van der Waals surface area (Å²) in [5.41, 5.74) is -0.0699. The van der Waals surface area contributed by atoms with Crippen LogP contribution in [0.2, 0.25) is 0 Å². The molecule has 0 saturated heterocycles. The smallest absolute Gasteiger partial charge is 0.213 e. The molecule has 1 unspecified atom stereocenters. The number of oxazole rings is 1. The lowest BCUT2D eigenvalue weighted by molar-refractivity contribution is 0.184. The second-order valence-electron chi connectivity index (χ2n) is 7.38. The molecule has 0 radical (unpaired) electrons. The van der Waals surface area contributed by atoms with Gasteiger partial charge in [-0.15, -0.1) is 11.3 Å². The molecule has 3 N–H and O–H groups in total. The molecular formula is C20H26N4O2S. The van der Waals surface area contributed by atoms with E-state index in [-0.39, 0.29) is 5.41 Å². The zero-order chi connectivity index (χ0) is 19.4. The van der Waals surface area contributed by atoms with Crippen molar-refractivity contribution in [2.24, 2.45) is 4.99 Å². The van der Waals surface area contributed by atoms with Crippen molar-refractivity contribution in [2.45, 2.75) is 38.8 Å². The summed E-state index contributed by atoms with van der Waals surface area (Å²) in [6.45, 7) is 7.04. The Morgan fingerprint density at radius 3 is 2.74 bits per heavy atom. The van der Waals surface area contributed by atoms with Gasteiger partial charge < -0.3 is 20.2 Å². The highest BCUT2D eigenvalue weighted by atomic mass is 32.1. The average molecular weight is 387 g/mol. The summed E-state index contributed by atoms with van der Waals surface area (Å²) in [5.74, 6) is 2.04. The van der Waals surface area contributed by atoms with Crippen LogP contribution in [0.1, 0.15) is 43.4 Å². The zero-order valence-corrected chi connectivity index (χ0v) is 16.9. The molecule has 0 aliphatic rings. The Morgan fingerprint density at radius 1 is 1.30 bits per heavy atom. The van der Waals surface area contributed by atoms with E-state index in [9.17, 15) is 5.11 Å². The van der Waals surface area contributed by atoms with Crippen LogP contribution >= 0.6 is 11.3 Å². The predicted molar refractivity (Wildman–Crippen MR) is 110 cm³/mol. The number of benzene rings is 1. The molecule has 27 heavy (non-hydrogen) atoms. The van der Waals surface area contributed by atoms with Crippen molar-refractivity contribution in [2.75, 3.05) is 13.6 Å². The molecule has 3 rings (SSSR count). The van der Waals surface area contributed by atoms with Gasteiger partial charge >= 0.3 is 0 Å². The number of aliphatic imine (C=N–C) groups is 1. The number of hydrogen-bond donors (Lipinski definition) is 3. The number of guanidine groups is 1. The monoisotopic (exact) mass is 386 g/mol. The number of rotatable bonds is 5. The van der Waals surface area contributed by atoms with Gasteiger partial charge in [0, 0.05) is 28.6 Å². The molecule has 0 saturated carbocycles. The van der Waals surface area contributed by atoms with Gasteiger partial charge in [-0.25, -0.2) is 4.98 Å². The van der Waals surface area contributed by atoms with E-state index in [0.717, 1.165) is 16.0 Å². The molecule has 6 nitrogen and oxygen atoms in total. The molecule has 144 valence electrons. The van der Waals surface area contributed by atoms with Gasteiger partial charge in [-0.2, -0.15) is 0 Å². The fourth-order valence-corrected chi connectivity index (χ4v) is 3.63. The second kappa shape index (κ2) is 8.10. The van der Waals surface area contributed by atoms with Crippen molar-refractivity contribution >= 4 is 27.4 Å². The summed E-state index contributed by atoms with van der Waals surface area (Å²) < 4.78 is 6.94. The molecule has 0 spiro atoms. The third-order valence-electron chi connectivity index (χ3n) is 4.16. The summed E-state index contributed by atoms with van der Waals surface area (Å²) in [5, 5.41) is 17.9. The molecule has 0 fully saturated rings. The maximum atomic E-state index is 10.5. The topological polar surface area (TPSA) is 82.7 Å². The Hall–Kier alpha value is -2.38. The molecule has 1 aromatic carbocycles. The molecule has 3 aromatic rings. The van der Waals surface area contributed by atoms with Gasteiger partial charge in [-0.1, -0.05) is 39.0 Å². The molecule has 0 aliphatic heterocycles. The molecule has 1 atom stereocenters. The SMILES string of the molecule is CN=C(NCc1ncc(C(C)(C)C)o1)NCC(O)c1cc2ccccc2s1. The number of hydrogen-bond acceptors (Lipinski definition) is 5.